The molecule has 0 bridgehead atoms. The van der Waals surface area contributed by atoms with Crippen LogP contribution in [0.5, 0.6) is 0 Å². The van der Waals surface area contributed by atoms with Crippen LogP contribution in [0.25, 0.3) is 0 Å². The van der Waals surface area contributed by atoms with Gasteiger partial charge >= 0.3 is 0 Å². The van der Waals surface area contributed by atoms with Gasteiger partial charge in [-0.1, -0.05) is 0 Å². The number of hydrogen-bond donors (Lipinski definition) is 1. The summed E-state index contributed by atoms with van der Waals surface area (Å²) in [6, 6.07) is 0. The van der Waals surface area contributed by atoms with E-state index >= 15 is 0 Å². The predicted molar refractivity (Wildman–Crippen MR) is 31.2 cm³/mol. The number of hydrazine groups is 1. The number of ether oxygens (including phenoxy) is 1. The van der Waals surface area contributed by atoms with Crippen molar-refractivity contribution in [2.45, 2.75) is 13.2 Å². The minimum absolute atomic E-state index is 0.250. The maximum Gasteiger partial charge on any atom is 0.120 e. The van der Waals surface area contributed by atoms with Crippen molar-refractivity contribution < 1.29 is 4.74 Å². The Hall–Kier alpha value is -0.120. The molecule has 0 aromatic heterocycles. The van der Waals surface area contributed by atoms with Crippen LogP contribution >= 0.6 is 0 Å². The molecule has 1 atom stereocenters. The molecule has 48 valence electrons. The standard InChI is InChI=1S/C5H12N2O/c1-5-7(6-2)3-4-8-5/h5-6H,3-4H2,1-2H3/t5-/m0/s1. The van der Waals surface area contributed by atoms with Crippen molar-refractivity contribution in [1.29, 1.82) is 0 Å². The maximum absolute atomic E-state index is 5.22. The molecule has 3 heteroatoms. The van der Waals surface area contributed by atoms with Crippen molar-refractivity contribution in [3.63, 3.8) is 0 Å². The van der Waals surface area contributed by atoms with E-state index in [2.05, 4.69) is 10.4 Å². The van der Waals surface area contributed by atoms with Crippen molar-refractivity contribution in [3.05, 3.63) is 0 Å². The largest absolute Gasteiger partial charge is 0.361 e. The average Bonchev–Trinajstić information content (AvgIpc) is 2.14. The lowest BCUT2D eigenvalue weighted by Gasteiger charge is -2.16. The molecule has 1 saturated heterocycles. The van der Waals surface area contributed by atoms with Crippen LogP contribution in [-0.4, -0.2) is 31.4 Å². The zero-order valence-electron chi connectivity index (χ0n) is 5.35. The number of nitrogens with zero attached hydrogens (tertiary/aromatic N) is 1. The Bertz CT molecular complexity index is 76.8. The summed E-state index contributed by atoms with van der Waals surface area (Å²) in [4.78, 5) is 0. The van der Waals surface area contributed by atoms with E-state index in [1.807, 2.05) is 14.0 Å². The van der Waals surface area contributed by atoms with Gasteiger partial charge in [-0.25, -0.2) is 5.01 Å². The summed E-state index contributed by atoms with van der Waals surface area (Å²) in [5, 5.41) is 2.06. The molecule has 0 unspecified atom stereocenters. The van der Waals surface area contributed by atoms with E-state index in [1.54, 1.807) is 0 Å². The molecular weight excluding hydrogens is 104 g/mol. The topological polar surface area (TPSA) is 24.5 Å². The van der Waals surface area contributed by atoms with Crippen LogP contribution in [0.15, 0.2) is 0 Å². The maximum atomic E-state index is 5.22. The molecule has 1 heterocycles. The number of nitrogens with one attached hydrogen (secondary N) is 1. The average molecular weight is 116 g/mol. The fraction of sp³-hybridized carbons (Fsp3) is 1.00. The monoisotopic (exact) mass is 116 g/mol. The second-order valence-electron chi connectivity index (χ2n) is 1.89. The lowest BCUT2D eigenvalue weighted by Crippen LogP contribution is -2.37. The third-order valence-corrected chi connectivity index (χ3v) is 1.42. The summed E-state index contributed by atoms with van der Waals surface area (Å²) in [5.41, 5.74) is 3.02. The van der Waals surface area contributed by atoms with Gasteiger partial charge in [-0.2, -0.15) is 0 Å². The number of rotatable bonds is 1. The smallest absolute Gasteiger partial charge is 0.120 e. The Morgan fingerprint density at radius 1 is 1.75 bits per heavy atom. The highest BCUT2D eigenvalue weighted by molar-refractivity contribution is 4.58. The Balaban J connectivity index is 2.30. The highest BCUT2D eigenvalue weighted by Crippen LogP contribution is 2.03. The molecule has 0 aromatic carbocycles. The normalized spacial score (nSPS) is 31.5. The first-order valence-corrected chi connectivity index (χ1v) is 2.90. The summed E-state index contributed by atoms with van der Waals surface area (Å²) >= 11 is 0. The fourth-order valence-corrected chi connectivity index (χ4v) is 0.887. The third-order valence-electron chi connectivity index (χ3n) is 1.42. The van der Waals surface area contributed by atoms with E-state index in [4.69, 9.17) is 4.74 Å². The van der Waals surface area contributed by atoms with E-state index in [1.165, 1.54) is 0 Å². The Morgan fingerprint density at radius 2 is 2.50 bits per heavy atom. The van der Waals surface area contributed by atoms with E-state index in [0.29, 0.717) is 0 Å². The summed E-state index contributed by atoms with van der Waals surface area (Å²) in [5.74, 6) is 0. The lowest BCUT2D eigenvalue weighted by molar-refractivity contribution is 0.0280. The van der Waals surface area contributed by atoms with Crippen LogP contribution < -0.4 is 5.43 Å². The molecule has 1 aliphatic heterocycles. The molecule has 1 aliphatic rings. The minimum Gasteiger partial charge on any atom is -0.361 e. The van der Waals surface area contributed by atoms with Crippen molar-refractivity contribution in [3.8, 4) is 0 Å². The molecule has 0 radical (unpaired) electrons. The van der Waals surface area contributed by atoms with Crippen LogP contribution in [0.4, 0.5) is 0 Å². The summed E-state index contributed by atoms with van der Waals surface area (Å²) < 4.78 is 5.22. The molecule has 0 amide bonds. The van der Waals surface area contributed by atoms with Crippen molar-refractivity contribution >= 4 is 0 Å². The molecular formula is C5H12N2O. The molecule has 1 fully saturated rings. The molecule has 8 heavy (non-hydrogen) atoms. The van der Waals surface area contributed by atoms with E-state index in [0.717, 1.165) is 13.2 Å². The van der Waals surface area contributed by atoms with Crippen LogP contribution in [0.3, 0.4) is 0 Å². The van der Waals surface area contributed by atoms with Crippen LogP contribution in [0, 0.1) is 0 Å². The zero-order valence-corrected chi connectivity index (χ0v) is 5.35. The molecule has 0 spiro atoms. The highest BCUT2D eigenvalue weighted by atomic mass is 16.5. The van der Waals surface area contributed by atoms with Gasteiger partial charge in [0, 0.05) is 6.54 Å². The van der Waals surface area contributed by atoms with Crippen LogP contribution in [0.1, 0.15) is 6.92 Å². The van der Waals surface area contributed by atoms with Gasteiger partial charge in [0.15, 0.2) is 0 Å². The molecule has 1 rings (SSSR count). The summed E-state index contributed by atoms with van der Waals surface area (Å²) in [6.07, 6.45) is 0.250. The van der Waals surface area contributed by atoms with Gasteiger partial charge in [-0.3, -0.25) is 5.43 Å². The molecule has 1 N–H and O–H groups in total. The van der Waals surface area contributed by atoms with Crippen molar-refractivity contribution in [2.24, 2.45) is 0 Å². The Labute approximate surface area is 49.6 Å². The predicted octanol–water partition coefficient (Wildman–Crippen LogP) is -0.201. The van der Waals surface area contributed by atoms with E-state index < -0.39 is 0 Å². The first kappa shape index (κ1) is 6.01. The Morgan fingerprint density at radius 3 is 2.75 bits per heavy atom. The Kier molecular flexibility index (Phi) is 1.83. The second kappa shape index (κ2) is 2.44. The lowest BCUT2D eigenvalue weighted by atomic mass is 10.6. The summed E-state index contributed by atoms with van der Waals surface area (Å²) in [6.45, 7) is 3.88. The first-order valence-electron chi connectivity index (χ1n) is 2.90. The fourth-order valence-electron chi connectivity index (χ4n) is 0.887. The highest BCUT2D eigenvalue weighted by Gasteiger charge is 2.17. The molecule has 0 saturated carbocycles. The van der Waals surface area contributed by atoms with Gasteiger partial charge in [0.1, 0.15) is 6.23 Å². The minimum atomic E-state index is 0.250. The van der Waals surface area contributed by atoms with Crippen LogP contribution in [0.2, 0.25) is 0 Å². The second-order valence-corrected chi connectivity index (χ2v) is 1.89. The quantitative estimate of drug-likeness (QED) is 0.513. The first-order chi connectivity index (χ1) is 3.84. The van der Waals surface area contributed by atoms with Crippen LogP contribution in [-0.2, 0) is 4.74 Å². The van der Waals surface area contributed by atoms with Crippen molar-refractivity contribution in [2.75, 3.05) is 20.2 Å². The molecule has 0 aliphatic carbocycles. The van der Waals surface area contributed by atoms with Gasteiger partial charge in [-0.05, 0) is 14.0 Å². The SMILES string of the molecule is CNN1CCO[C@H]1C. The molecule has 0 aromatic rings. The van der Waals surface area contributed by atoms with Crippen molar-refractivity contribution in [1.82, 2.24) is 10.4 Å². The van der Waals surface area contributed by atoms with Gasteiger partial charge in [0.25, 0.3) is 0 Å². The van der Waals surface area contributed by atoms with Gasteiger partial charge in [0.05, 0.1) is 6.61 Å². The number of hydrogen-bond acceptors (Lipinski definition) is 3. The molecule has 3 nitrogen and oxygen atoms in total. The van der Waals surface area contributed by atoms with E-state index in [-0.39, 0.29) is 6.23 Å². The van der Waals surface area contributed by atoms with Gasteiger partial charge in [0.2, 0.25) is 0 Å². The van der Waals surface area contributed by atoms with Gasteiger partial charge in [-0.15, -0.1) is 0 Å². The third kappa shape index (κ3) is 0.992. The zero-order chi connectivity index (χ0) is 5.98. The van der Waals surface area contributed by atoms with Gasteiger partial charge < -0.3 is 4.74 Å². The van der Waals surface area contributed by atoms with E-state index in [9.17, 15) is 0 Å². The summed E-state index contributed by atoms with van der Waals surface area (Å²) in [7, 11) is 1.91.